The monoisotopic (exact) mass is 182 g/mol. The lowest BCUT2D eigenvalue weighted by atomic mass is 10.2. The van der Waals surface area contributed by atoms with Crippen LogP contribution >= 0.6 is 0 Å². The molecule has 0 saturated carbocycles. The largest absolute Gasteiger partial charge is 0.326 e. The summed E-state index contributed by atoms with van der Waals surface area (Å²) in [4.78, 5) is 27.0. The van der Waals surface area contributed by atoms with E-state index in [4.69, 9.17) is 0 Å². The molecule has 2 rings (SSSR count). The third-order valence-corrected chi connectivity index (χ3v) is 2.10. The molecule has 13 heavy (non-hydrogen) atoms. The number of nitrogens with zero attached hydrogens (tertiary/aromatic N) is 1. The molecule has 0 spiro atoms. The van der Waals surface area contributed by atoms with E-state index >= 15 is 0 Å². The molecule has 6 nitrogen and oxygen atoms in total. The van der Waals surface area contributed by atoms with Gasteiger partial charge in [0.25, 0.3) is 5.56 Å². The summed E-state index contributed by atoms with van der Waals surface area (Å²) in [6, 6.07) is -0.0324. The summed E-state index contributed by atoms with van der Waals surface area (Å²) >= 11 is 0. The van der Waals surface area contributed by atoms with Crippen molar-refractivity contribution in [2.24, 2.45) is 0 Å². The van der Waals surface area contributed by atoms with Gasteiger partial charge in [0.15, 0.2) is 0 Å². The molecule has 1 atom stereocenters. The highest BCUT2D eigenvalue weighted by Crippen LogP contribution is 2.23. The summed E-state index contributed by atoms with van der Waals surface area (Å²) in [5, 5.41) is 1.61. The lowest BCUT2D eigenvalue weighted by Crippen LogP contribution is -2.32. The number of fused-ring (bicyclic) bond motifs is 1. The number of nitrogens with one attached hydrogen (secondary N) is 3. The van der Waals surface area contributed by atoms with Crippen molar-refractivity contribution in [3.63, 3.8) is 0 Å². The normalized spacial score (nSPS) is 20.5. The maximum Gasteiger partial charge on any atom is 0.326 e. The van der Waals surface area contributed by atoms with Gasteiger partial charge >= 0.3 is 5.69 Å². The van der Waals surface area contributed by atoms with E-state index in [0.717, 1.165) is 0 Å². The zero-order valence-corrected chi connectivity index (χ0v) is 7.34. The molecule has 1 aliphatic rings. The van der Waals surface area contributed by atoms with Crippen molar-refractivity contribution in [2.45, 2.75) is 13.0 Å². The summed E-state index contributed by atoms with van der Waals surface area (Å²) in [5.74, 6) is 0. The first-order chi connectivity index (χ1) is 6.09. The molecule has 0 saturated heterocycles. The Morgan fingerprint density at radius 1 is 1.31 bits per heavy atom. The van der Waals surface area contributed by atoms with E-state index in [1.54, 1.807) is 12.1 Å². The highest BCUT2D eigenvalue weighted by molar-refractivity contribution is 5.51. The smallest absolute Gasteiger partial charge is 0.307 e. The van der Waals surface area contributed by atoms with Crippen LogP contribution in [0.3, 0.4) is 0 Å². The van der Waals surface area contributed by atoms with Crippen molar-refractivity contribution in [1.82, 2.24) is 15.4 Å². The Kier molecular flexibility index (Phi) is 1.53. The zero-order valence-electron chi connectivity index (χ0n) is 7.34. The average molecular weight is 182 g/mol. The van der Waals surface area contributed by atoms with Crippen LogP contribution in [0.25, 0.3) is 0 Å². The van der Waals surface area contributed by atoms with E-state index in [9.17, 15) is 9.59 Å². The first kappa shape index (κ1) is 8.06. The standard InChI is InChI=1S/C7H10N4O2/c1-3-4-5(11(2)10-3)6(12)9-7(13)8-4/h3,10H,1-2H3,(H2,8,9,12,13). The van der Waals surface area contributed by atoms with Gasteiger partial charge in [-0.25, -0.2) is 10.2 Å². The summed E-state index contributed by atoms with van der Waals surface area (Å²) in [6.07, 6.45) is 0. The maximum absolute atomic E-state index is 11.3. The van der Waals surface area contributed by atoms with Crippen LogP contribution in [-0.2, 0) is 0 Å². The Morgan fingerprint density at radius 2 is 2.00 bits per heavy atom. The van der Waals surface area contributed by atoms with Crippen LogP contribution in [0.1, 0.15) is 18.7 Å². The van der Waals surface area contributed by atoms with Crippen LogP contribution in [0.4, 0.5) is 5.69 Å². The van der Waals surface area contributed by atoms with E-state index in [0.29, 0.717) is 11.4 Å². The summed E-state index contributed by atoms with van der Waals surface area (Å²) < 4.78 is 0. The minimum Gasteiger partial charge on any atom is -0.307 e. The van der Waals surface area contributed by atoms with Crippen LogP contribution in [0.2, 0.25) is 0 Å². The van der Waals surface area contributed by atoms with Crippen LogP contribution < -0.4 is 21.7 Å². The second-order valence-corrected chi connectivity index (χ2v) is 3.08. The molecule has 0 aliphatic carbocycles. The van der Waals surface area contributed by atoms with Crippen molar-refractivity contribution in [3.8, 4) is 0 Å². The van der Waals surface area contributed by atoms with Crippen LogP contribution in [-0.4, -0.2) is 17.0 Å². The molecule has 1 unspecified atom stereocenters. The van der Waals surface area contributed by atoms with Gasteiger partial charge in [0, 0.05) is 7.05 Å². The second kappa shape index (κ2) is 2.46. The molecule has 0 amide bonds. The number of aromatic nitrogens is 2. The van der Waals surface area contributed by atoms with Crippen LogP contribution in [0.15, 0.2) is 9.59 Å². The Labute approximate surface area is 73.6 Å². The number of rotatable bonds is 0. The zero-order chi connectivity index (χ0) is 9.59. The molecule has 1 aromatic heterocycles. The van der Waals surface area contributed by atoms with Gasteiger partial charge in [0.05, 0.1) is 11.7 Å². The molecular formula is C7H10N4O2. The van der Waals surface area contributed by atoms with Gasteiger partial charge in [-0.1, -0.05) is 0 Å². The van der Waals surface area contributed by atoms with Crippen molar-refractivity contribution < 1.29 is 0 Å². The van der Waals surface area contributed by atoms with Crippen molar-refractivity contribution >= 4 is 5.69 Å². The minimum absolute atomic E-state index is 0.0324. The molecule has 0 aromatic carbocycles. The first-order valence-corrected chi connectivity index (χ1v) is 3.96. The highest BCUT2D eigenvalue weighted by atomic mass is 16.2. The number of anilines is 1. The van der Waals surface area contributed by atoms with Crippen molar-refractivity contribution in [3.05, 3.63) is 26.5 Å². The molecule has 0 fully saturated rings. The van der Waals surface area contributed by atoms with Gasteiger partial charge in [0.2, 0.25) is 0 Å². The molecule has 70 valence electrons. The van der Waals surface area contributed by atoms with E-state index in [1.165, 1.54) is 0 Å². The topological polar surface area (TPSA) is 81.0 Å². The fourth-order valence-electron chi connectivity index (χ4n) is 1.56. The Bertz CT molecular complexity index is 447. The molecule has 0 bridgehead atoms. The van der Waals surface area contributed by atoms with Gasteiger partial charge in [-0.15, -0.1) is 0 Å². The molecule has 2 heterocycles. The lowest BCUT2D eigenvalue weighted by molar-refractivity contribution is 0.606. The third kappa shape index (κ3) is 1.06. The lowest BCUT2D eigenvalue weighted by Gasteiger charge is -2.10. The van der Waals surface area contributed by atoms with Crippen molar-refractivity contribution in [1.29, 1.82) is 0 Å². The summed E-state index contributed by atoms with van der Waals surface area (Å²) in [6.45, 7) is 1.87. The molecule has 1 aliphatic heterocycles. The first-order valence-electron chi connectivity index (χ1n) is 3.96. The van der Waals surface area contributed by atoms with Gasteiger partial charge < -0.3 is 9.99 Å². The van der Waals surface area contributed by atoms with E-state index < -0.39 is 5.69 Å². The fraction of sp³-hybridized carbons (Fsp3) is 0.429. The minimum atomic E-state index is -0.465. The second-order valence-electron chi connectivity index (χ2n) is 3.08. The highest BCUT2D eigenvalue weighted by Gasteiger charge is 2.26. The number of hydrazine groups is 1. The third-order valence-electron chi connectivity index (χ3n) is 2.10. The molecule has 0 radical (unpaired) electrons. The van der Waals surface area contributed by atoms with Crippen molar-refractivity contribution in [2.75, 3.05) is 12.1 Å². The SMILES string of the molecule is CC1NN(C)c2c1[nH]c(=O)[nH]c2=O. The number of H-pyrrole nitrogens is 2. The number of hydrogen-bond acceptors (Lipinski definition) is 4. The van der Waals surface area contributed by atoms with Gasteiger partial charge in [-0.3, -0.25) is 9.78 Å². The van der Waals surface area contributed by atoms with E-state index in [1.807, 2.05) is 6.92 Å². The number of aromatic amines is 2. The molecular weight excluding hydrogens is 172 g/mol. The average Bonchev–Trinajstić information content (AvgIpc) is 2.27. The Morgan fingerprint density at radius 3 is 2.69 bits per heavy atom. The van der Waals surface area contributed by atoms with E-state index in [2.05, 4.69) is 15.4 Å². The maximum atomic E-state index is 11.3. The van der Waals surface area contributed by atoms with E-state index in [-0.39, 0.29) is 11.6 Å². The predicted octanol–water partition coefficient (Wildman–Crippen LogP) is -0.921. The molecule has 6 heteroatoms. The van der Waals surface area contributed by atoms with Crippen LogP contribution in [0, 0.1) is 0 Å². The fourth-order valence-corrected chi connectivity index (χ4v) is 1.56. The number of hydrogen-bond donors (Lipinski definition) is 3. The van der Waals surface area contributed by atoms with Gasteiger partial charge in [0.1, 0.15) is 5.69 Å². The van der Waals surface area contributed by atoms with Crippen LogP contribution in [0.5, 0.6) is 0 Å². The van der Waals surface area contributed by atoms with Gasteiger partial charge in [-0.2, -0.15) is 0 Å². The Hall–Kier alpha value is -1.56. The van der Waals surface area contributed by atoms with Gasteiger partial charge in [-0.05, 0) is 6.92 Å². The quantitative estimate of drug-likeness (QED) is 0.484. The Balaban J connectivity index is 2.77. The summed E-state index contributed by atoms with van der Waals surface area (Å²) in [5.41, 5.74) is 3.28. The molecule has 1 aromatic rings. The predicted molar refractivity (Wildman–Crippen MR) is 47.6 cm³/mol. The summed E-state index contributed by atoms with van der Waals surface area (Å²) in [7, 11) is 1.73. The molecule has 3 N–H and O–H groups in total.